The first-order chi connectivity index (χ1) is 17.3. The van der Waals surface area contributed by atoms with Gasteiger partial charge in [-0.25, -0.2) is 14.6 Å². The van der Waals surface area contributed by atoms with E-state index in [1.807, 2.05) is 13.0 Å². The van der Waals surface area contributed by atoms with Crippen LogP contribution in [0, 0.1) is 17.2 Å². The molecule has 0 spiro atoms. The summed E-state index contributed by atoms with van der Waals surface area (Å²) in [4.78, 5) is 21.9. The Kier molecular flexibility index (Phi) is 7.38. The molecule has 4 rings (SSSR count). The first-order valence-corrected chi connectivity index (χ1v) is 11.8. The van der Waals surface area contributed by atoms with Gasteiger partial charge < -0.3 is 25.1 Å². The zero-order chi connectivity index (χ0) is 25.9. The van der Waals surface area contributed by atoms with Crippen molar-refractivity contribution < 1.29 is 15.0 Å². The van der Waals surface area contributed by atoms with E-state index >= 15 is 0 Å². The van der Waals surface area contributed by atoms with Crippen molar-refractivity contribution in [3.63, 3.8) is 0 Å². The quantitative estimate of drug-likeness (QED) is 0.291. The summed E-state index contributed by atoms with van der Waals surface area (Å²) in [5.74, 6) is 1.52. The van der Waals surface area contributed by atoms with Gasteiger partial charge in [-0.1, -0.05) is 20.8 Å². The van der Waals surface area contributed by atoms with Crippen molar-refractivity contribution in [3.05, 3.63) is 47.3 Å². The summed E-state index contributed by atoms with van der Waals surface area (Å²) in [7, 11) is 1.38. The summed E-state index contributed by atoms with van der Waals surface area (Å²) in [6.07, 6.45) is 3.23. The number of aliphatic hydroxyl groups is 2. The number of rotatable bonds is 10. The van der Waals surface area contributed by atoms with Crippen LogP contribution in [0.25, 0.3) is 11.3 Å². The number of hydrogen-bond donors (Lipinski definition) is 3. The summed E-state index contributed by atoms with van der Waals surface area (Å²) in [6, 6.07) is 9.39. The third-order valence-corrected chi connectivity index (χ3v) is 6.38. The monoisotopic (exact) mass is 486 g/mol. The molecule has 3 aromatic rings. The largest absolute Gasteiger partial charge is 0.410 e. The molecule has 3 heterocycles. The minimum absolute atomic E-state index is 0.137. The van der Waals surface area contributed by atoms with Crippen molar-refractivity contribution in [3.8, 4) is 17.3 Å². The molecule has 2 aromatic heterocycles. The third kappa shape index (κ3) is 4.96. The lowest BCUT2D eigenvalue weighted by atomic mass is 9.83. The highest BCUT2D eigenvalue weighted by molar-refractivity contribution is 6.70. The summed E-state index contributed by atoms with van der Waals surface area (Å²) in [5, 5.41) is 37.2. The summed E-state index contributed by atoms with van der Waals surface area (Å²) in [5.41, 5.74) is 3.01. The lowest BCUT2D eigenvalue weighted by molar-refractivity contribution is 0.217. The second kappa shape index (κ2) is 10.5. The number of benzene rings is 1. The Labute approximate surface area is 210 Å². The van der Waals surface area contributed by atoms with Crippen molar-refractivity contribution in [2.24, 2.45) is 5.92 Å². The van der Waals surface area contributed by atoms with Crippen LogP contribution >= 0.6 is 0 Å². The predicted molar refractivity (Wildman–Crippen MR) is 137 cm³/mol. The predicted octanol–water partition coefficient (Wildman–Crippen LogP) is 2.37. The number of carbonyl (C=O) groups is 1. The fourth-order valence-electron chi connectivity index (χ4n) is 4.41. The van der Waals surface area contributed by atoms with Gasteiger partial charge in [0.2, 0.25) is 5.95 Å². The van der Waals surface area contributed by atoms with E-state index in [-0.39, 0.29) is 13.2 Å². The molecular formula is C25H29BN7O3. The molecular weight excluding hydrogens is 457 g/mol. The Morgan fingerprint density at radius 3 is 2.81 bits per heavy atom. The molecule has 11 heteroatoms. The van der Waals surface area contributed by atoms with Crippen LogP contribution in [0.1, 0.15) is 44.0 Å². The number of aliphatic hydroxyl groups excluding tert-OH is 2. The van der Waals surface area contributed by atoms with E-state index in [0.717, 1.165) is 12.0 Å². The maximum absolute atomic E-state index is 11.2. The second-order valence-corrected chi connectivity index (χ2v) is 9.64. The number of fused-ring (bicyclic) bond motifs is 1. The maximum Gasteiger partial charge on any atom is 0.329 e. The number of nitrogens with one attached hydrogen (secondary N) is 1. The number of anilines is 3. The summed E-state index contributed by atoms with van der Waals surface area (Å²) >= 11 is 0. The molecule has 1 aromatic carbocycles. The fraction of sp³-hybridized carbons (Fsp3) is 0.400. The lowest BCUT2D eigenvalue weighted by Gasteiger charge is -2.23. The zero-order valence-corrected chi connectivity index (χ0v) is 20.6. The minimum Gasteiger partial charge on any atom is -0.410 e. The molecule has 1 aliphatic heterocycles. The van der Waals surface area contributed by atoms with Crippen molar-refractivity contribution in [2.75, 3.05) is 23.3 Å². The number of aromatic nitrogens is 4. The van der Waals surface area contributed by atoms with Gasteiger partial charge in [-0.05, 0) is 36.1 Å². The summed E-state index contributed by atoms with van der Waals surface area (Å²) < 4.78 is 1.80. The number of nitriles is 1. The molecule has 36 heavy (non-hydrogen) atoms. The Morgan fingerprint density at radius 1 is 1.33 bits per heavy atom. The summed E-state index contributed by atoms with van der Waals surface area (Å²) in [6.45, 7) is 6.95. The van der Waals surface area contributed by atoms with E-state index in [9.17, 15) is 20.3 Å². The number of aryl methyl sites for hydroxylation is 1. The van der Waals surface area contributed by atoms with Crippen LogP contribution in [-0.2, 0) is 23.4 Å². The van der Waals surface area contributed by atoms with E-state index in [4.69, 9.17) is 0 Å². The number of carbonyl (C=O) groups excluding carboxylic acids is 1. The molecule has 0 unspecified atom stereocenters. The molecule has 0 saturated heterocycles. The van der Waals surface area contributed by atoms with Crippen LogP contribution in [0.5, 0.6) is 0 Å². The van der Waals surface area contributed by atoms with Crippen molar-refractivity contribution in [2.45, 2.75) is 45.8 Å². The average Bonchev–Trinajstić information content (AvgIpc) is 3.40. The molecule has 1 radical (unpaired) electrons. The molecule has 0 bridgehead atoms. The van der Waals surface area contributed by atoms with Gasteiger partial charge in [0.25, 0.3) is 0 Å². The van der Waals surface area contributed by atoms with Crippen LogP contribution < -0.4 is 10.1 Å². The van der Waals surface area contributed by atoms with E-state index in [1.54, 1.807) is 33.9 Å². The van der Waals surface area contributed by atoms with Gasteiger partial charge in [0.1, 0.15) is 18.1 Å². The first kappa shape index (κ1) is 25.4. The van der Waals surface area contributed by atoms with E-state index in [0.29, 0.717) is 65.2 Å². The van der Waals surface area contributed by atoms with Gasteiger partial charge in [0.15, 0.2) is 0 Å². The smallest absolute Gasteiger partial charge is 0.329 e. The highest BCUT2D eigenvalue weighted by Gasteiger charge is 2.40. The Bertz CT molecular complexity index is 1300. The number of nitrogens with zero attached hydrogens (tertiary/aromatic N) is 6. The normalized spacial score (nSPS) is 16.6. The zero-order valence-electron chi connectivity index (χ0n) is 20.6. The fourth-order valence-corrected chi connectivity index (χ4v) is 4.41. The van der Waals surface area contributed by atoms with Gasteiger partial charge in [-0.15, -0.1) is 0 Å². The van der Waals surface area contributed by atoms with E-state index in [2.05, 4.69) is 40.3 Å². The highest BCUT2D eigenvalue weighted by atomic mass is 16.3. The maximum atomic E-state index is 11.2. The van der Waals surface area contributed by atoms with E-state index in [1.165, 1.54) is 7.41 Å². The average molecular weight is 486 g/mol. The topological polar surface area (TPSA) is 140 Å². The third-order valence-electron chi connectivity index (χ3n) is 6.38. The molecule has 0 saturated carbocycles. The standard InChI is InChI=1S/C25H29BN7O3/c1-16(2)5-7-33-22(10-19(12-34)31-33)30-24-28-6-4-21(29-24)17-8-18(11-27)23-20(9-17)25(3,14-35)13-32(23)26-15-36/h4,6,8-10,15-16,34-35H,5,7,12-14H2,1-3H3,(H,28,29,30)/t25-/m1/s1. The Balaban J connectivity index is 1.70. The van der Waals surface area contributed by atoms with Crippen molar-refractivity contribution in [1.82, 2.24) is 19.7 Å². The van der Waals surface area contributed by atoms with Crippen molar-refractivity contribution >= 4 is 31.1 Å². The molecule has 0 amide bonds. The first-order valence-electron chi connectivity index (χ1n) is 11.8. The Morgan fingerprint density at radius 2 is 2.14 bits per heavy atom. The lowest BCUT2D eigenvalue weighted by Crippen LogP contribution is -2.36. The number of hydrogen-bond acceptors (Lipinski definition) is 9. The van der Waals surface area contributed by atoms with Gasteiger partial charge in [0, 0.05) is 42.0 Å². The van der Waals surface area contributed by atoms with Crippen LogP contribution in [0.15, 0.2) is 30.5 Å². The molecule has 185 valence electrons. The Hall–Kier alpha value is -3.75. The van der Waals surface area contributed by atoms with Crippen LogP contribution in [0.2, 0.25) is 0 Å². The molecule has 0 aliphatic carbocycles. The highest BCUT2D eigenvalue weighted by Crippen LogP contribution is 2.44. The van der Waals surface area contributed by atoms with Crippen LogP contribution in [-0.4, -0.2) is 56.7 Å². The minimum atomic E-state index is -0.645. The van der Waals surface area contributed by atoms with Gasteiger partial charge in [0.05, 0.1) is 30.2 Å². The molecule has 1 atom stereocenters. The molecule has 1 aliphatic rings. The molecule has 10 nitrogen and oxygen atoms in total. The van der Waals surface area contributed by atoms with Gasteiger partial charge in [-0.2, -0.15) is 10.4 Å². The SMILES string of the molecule is CC(C)CCn1nc(CO)cc1Nc1nccc(-c2cc(C#N)c3c(c2)[C@@](C)(CO)CN3[B]C=O)n1. The van der Waals surface area contributed by atoms with Gasteiger partial charge in [-0.3, -0.25) is 0 Å². The van der Waals surface area contributed by atoms with Gasteiger partial charge >= 0.3 is 7.41 Å². The van der Waals surface area contributed by atoms with Crippen LogP contribution in [0.3, 0.4) is 0 Å². The second-order valence-electron chi connectivity index (χ2n) is 9.64. The van der Waals surface area contributed by atoms with E-state index < -0.39 is 5.41 Å². The van der Waals surface area contributed by atoms with Crippen LogP contribution in [0.4, 0.5) is 17.5 Å². The van der Waals surface area contributed by atoms with Crippen molar-refractivity contribution in [1.29, 1.82) is 5.26 Å². The molecule has 0 fully saturated rings. The molecule has 3 N–H and O–H groups in total.